The highest BCUT2D eigenvalue weighted by molar-refractivity contribution is 8.05. The molecule has 172 valence electrons. The summed E-state index contributed by atoms with van der Waals surface area (Å²) in [7, 11) is -13.2. The summed E-state index contributed by atoms with van der Waals surface area (Å²) in [6.07, 6.45) is 12.9. The Balaban J connectivity index is 0.000000541. The summed E-state index contributed by atoms with van der Waals surface area (Å²) >= 11 is 0. The van der Waals surface area contributed by atoms with E-state index >= 15 is 0 Å². The van der Waals surface area contributed by atoms with Gasteiger partial charge in [-0.25, -0.2) is 16.8 Å². The first-order chi connectivity index (χ1) is 13.1. The minimum atomic E-state index is -6.60. The van der Waals surface area contributed by atoms with Gasteiger partial charge in [-0.15, -0.1) is 0 Å². The molecule has 0 aromatic carbocycles. The van der Waals surface area contributed by atoms with Crippen LogP contribution in [0, 0.1) is 0 Å². The molecule has 0 aromatic rings. The summed E-state index contributed by atoms with van der Waals surface area (Å²) in [4.78, 5) is 4.44. The number of alkyl halides is 6. The lowest BCUT2D eigenvalue weighted by atomic mass is 10.1. The highest BCUT2D eigenvalue weighted by Gasteiger charge is 2.55. The van der Waals surface area contributed by atoms with Crippen LogP contribution >= 0.6 is 0 Å². The fourth-order valence-electron chi connectivity index (χ4n) is 1.91. The Labute approximate surface area is 166 Å². The number of unbranched alkanes of at least 4 members (excludes halogenated alkanes) is 4. The van der Waals surface area contributed by atoms with E-state index in [1.165, 1.54) is 38.6 Å². The van der Waals surface area contributed by atoms with E-state index in [-0.39, 0.29) is 0 Å². The Bertz CT molecular complexity index is 706. The maximum absolute atomic E-state index is 11.5. The summed E-state index contributed by atoms with van der Waals surface area (Å²) < 4.78 is 108. The number of hydrogen-bond acceptors (Lipinski definition) is 6. The predicted molar refractivity (Wildman–Crippen MR) is 94.6 cm³/mol. The standard InChI is InChI=1S/C12H22N2.C2HF6NO4S2/c1-3-5-6-7-8-9-14-11-10-13(4-2)12-14;3-1(4,5)14(10,11)9-15(12,13)2(6,7)8/h4,10-11H,2-3,5-9,12H2,1H3;9H. The van der Waals surface area contributed by atoms with Crippen LogP contribution in [-0.4, -0.2) is 50.9 Å². The molecule has 0 saturated heterocycles. The summed E-state index contributed by atoms with van der Waals surface area (Å²) in [5.74, 6) is 0. The second-order valence-electron chi connectivity index (χ2n) is 5.84. The van der Waals surface area contributed by atoms with E-state index in [0.717, 1.165) is 6.67 Å². The van der Waals surface area contributed by atoms with Crippen molar-refractivity contribution in [2.45, 2.75) is 50.0 Å². The van der Waals surface area contributed by atoms with E-state index in [4.69, 9.17) is 0 Å². The molecule has 15 heteroatoms. The van der Waals surface area contributed by atoms with Crippen LogP contribution < -0.4 is 4.13 Å². The van der Waals surface area contributed by atoms with E-state index in [0.29, 0.717) is 0 Å². The first kappa shape index (κ1) is 27.5. The zero-order valence-electron chi connectivity index (χ0n) is 15.5. The van der Waals surface area contributed by atoms with E-state index in [1.807, 2.05) is 6.20 Å². The second kappa shape index (κ2) is 11.1. The van der Waals surface area contributed by atoms with E-state index in [9.17, 15) is 43.2 Å². The lowest BCUT2D eigenvalue weighted by Crippen LogP contribution is -2.45. The van der Waals surface area contributed by atoms with Gasteiger partial charge < -0.3 is 9.80 Å². The molecule has 7 nitrogen and oxygen atoms in total. The molecule has 0 aromatic heterocycles. The van der Waals surface area contributed by atoms with E-state index in [1.54, 1.807) is 0 Å². The molecule has 0 atom stereocenters. The van der Waals surface area contributed by atoms with Gasteiger partial charge in [-0.05, 0) is 12.6 Å². The predicted octanol–water partition coefficient (Wildman–Crippen LogP) is 3.42. The molecule has 0 fully saturated rings. The maximum Gasteiger partial charge on any atom is 0.512 e. The molecule has 0 amide bonds. The van der Waals surface area contributed by atoms with Gasteiger partial charge in [-0.3, -0.25) is 0 Å². The van der Waals surface area contributed by atoms with Gasteiger partial charge in [0, 0.05) is 18.9 Å². The van der Waals surface area contributed by atoms with Crippen LogP contribution in [0.5, 0.6) is 0 Å². The highest BCUT2D eigenvalue weighted by Crippen LogP contribution is 2.27. The molecule has 0 spiro atoms. The minimum absolute atomic E-state index is 0.493. The number of rotatable bonds is 9. The third kappa shape index (κ3) is 9.71. The molecular formula is C14H23F6N3O4S2. The minimum Gasteiger partial charge on any atom is -0.358 e. The van der Waals surface area contributed by atoms with Crippen molar-refractivity contribution in [3.63, 3.8) is 0 Å². The lowest BCUT2D eigenvalue weighted by Gasteiger charge is -2.18. The molecule has 1 aliphatic rings. The van der Waals surface area contributed by atoms with Crippen LogP contribution in [0.25, 0.3) is 0 Å². The van der Waals surface area contributed by atoms with Crippen molar-refractivity contribution in [2.75, 3.05) is 13.2 Å². The summed E-state index contributed by atoms with van der Waals surface area (Å²) in [6.45, 7) is 8.17. The number of hydrogen-bond donors (Lipinski definition) is 1. The quantitative estimate of drug-likeness (QED) is 0.406. The summed E-state index contributed by atoms with van der Waals surface area (Å²) in [6, 6.07) is 0. The number of nitrogens with one attached hydrogen (secondary N) is 1. The summed E-state index contributed by atoms with van der Waals surface area (Å²) in [5.41, 5.74) is -12.3. The molecule has 0 saturated carbocycles. The second-order valence-corrected chi connectivity index (χ2v) is 9.45. The number of halogens is 6. The fourth-order valence-corrected chi connectivity index (χ4v) is 3.82. The molecule has 1 heterocycles. The number of nitrogens with zero attached hydrogens (tertiary/aromatic N) is 2. The SMILES string of the molecule is C=CN1C=CN(CCCCCCC)C1.O=S(=O)(NS(=O)(=O)C(F)(F)F)C(F)(F)F. The van der Waals surface area contributed by atoms with Crippen LogP contribution in [0.1, 0.15) is 39.0 Å². The molecule has 1 aliphatic heterocycles. The Kier molecular flexibility index (Phi) is 10.5. The zero-order valence-corrected chi connectivity index (χ0v) is 17.1. The van der Waals surface area contributed by atoms with Crippen molar-refractivity contribution in [2.24, 2.45) is 0 Å². The van der Waals surface area contributed by atoms with Gasteiger partial charge in [-0.2, -0.15) is 26.3 Å². The Morgan fingerprint density at radius 2 is 1.41 bits per heavy atom. The molecule has 0 radical (unpaired) electrons. The van der Waals surface area contributed by atoms with Crippen molar-refractivity contribution in [1.29, 1.82) is 0 Å². The van der Waals surface area contributed by atoms with Crippen molar-refractivity contribution < 1.29 is 43.2 Å². The van der Waals surface area contributed by atoms with Gasteiger partial charge >= 0.3 is 31.1 Å². The molecular weight excluding hydrogens is 452 g/mol. The molecule has 0 unspecified atom stereocenters. The third-order valence-electron chi connectivity index (χ3n) is 3.43. The van der Waals surface area contributed by atoms with Crippen LogP contribution in [0.15, 0.2) is 25.2 Å². The van der Waals surface area contributed by atoms with Gasteiger partial charge in [0.05, 0.1) is 6.67 Å². The maximum atomic E-state index is 11.5. The average molecular weight is 475 g/mol. The molecule has 0 bridgehead atoms. The van der Waals surface area contributed by atoms with Gasteiger partial charge in [0.2, 0.25) is 0 Å². The van der Waals surface area contributed by atoms with Crippen LogP contribution in [-0.2, 0) is 20.0 Å². The highest BCUT2D eigenvalue weighted by atomic mass is 32.3. The Morgan fingerprint density at radius 3 is 1.79 bits per heavy atom. The molecule has 1 N–H and O–H groups in total. The molecule has 1 rings (SSSR count). The first-order valence-corrected chi connectivity index (χ1v) is 11.3. The van der Waals surface area contributed by atoms with Gasteiger partial charge in [-0.1, -0.05) is 43.3 Å². The van der Waals surface area contributed by atoms with Gasteiger partial charge in [0.1, 0.15) is 0 Å². The fraction of sp³-hybridized carbons (Fsp3) is 0.714. The van der Waals surface area contributed by atoms with Crippen molar-refractivity contribution in [1.82, 2.24) is 13.9 Å². The third-order valence-corrected chi connectivity index (χ3v) is 6.40. The van der Waals surface area contributed by atoms with Crippen LogP contribution in [0.2, 0.25) is 0 Å². The first-order valence-electron chi connectivity index (χ1n) is 8.29. The van der Waals surface area contributed by atoms with E-state index in [2.05, 4.69) is 35.7 Å². The largest absolute Gasteiger partial charge is 0.512 e. The van der Waals surface area contributed by atoms with Crippen LogP contribution in [0.4, 0.5) is 26.3 Å². The average Bonchev–Trinajstić information content (AvgIpc) is 3.00. The van der Waals surface area contributed by atoms with Crippen molar-refractivity contribution in [3.05, 3.63) is 25.2 Å². The van der Waals surface area contributed by atoms with E-state index < -0.39 is 35.2 Å². The Hall–Kier alpha value is -1.48. The normalized spacial score (nSPS) is 15.3. The smallest absolute Gasteiger partial charge is 0.358 e. The van der Waals surface area contributed by atoms with Gasteiger partial charge in [0.15, 0.2) is 0 Å². The zero-order chi connectivity index (χ0) is 22.9. The summed E-state index contributed by atoms with van der Waals surface area (Å²) in [5, 5.41) is 0. The monoisotopic (exact) mass is 475 g/mol. The molecule has 0 aliphatic carbocycles. The molecule has 29 heavy (non-hydrogen) atoms. The number of sulfonamides is 2. The Morgan fingerprint density at radius 1 is 0.931 bits per heavy atom. The lowest BCUT2D eigenvalue weighted by molar-refractivity contribution is -0.0476. The van der Waals surface area contributed by atoms with Crippen molar-refractivity contribution in [3.8, 4) is 0 Å². The van der Waals surface area contributed by atoms with Gasteiger partial charge in [0.25, 0.3) is 0 Å². The van der Waals surface area contributed by atoms with Crippen LogP contribution in [0.3, 0.4) is 0 Å². The topological polar surface area (TPSA) is 86.8 Å². The van der Waals surface area contributed by atoms with Crippen molar-refractivity contribution >= 4 is 20.0 Å².